The number of nitrogens with one attached hydrogen (secondary N) is 1. The van der Waals surface area contributed by atoms with Crippen molar-refractivity contribution in [3.05, 3.63) is 88.1 Å². The van der Waals surface area contributed by atoms with E-state index in [1.54, 1.807) is 35.4 Å². The Labute approximate surface area is 221 Å². The maximum absolute atomic E-state index is 13.3. The van der Waals surface area contributed by atoms with Gasteiger partial charge in [0.05, 0.1) is 10.5 Å². The molecule has 2 atom stereocenters. The molecule has 1 aliphatic rings. The summed E-state index contributed by atoms with van der Waals surface area (Å²) in [6, 6.07) is 15.8. The molecule has 0 radical (unpaired) electrons. The number of benzene rings is 2. The molecule has 5 rings (SSSR count). The number of carbonyl (C=O) groups is 2. The van der Waals surface area contributed by atoms with Crippen molar-refractivity contribution >= 4 is 40.4 Å². The lowest BCUT2D eigenvalue weighted by Gasteiger charge is -2.24. The van der Waals surface area contributed by atoms with Gasteiger partial charge in [0.25, 0.3) is 0 Å². The zero-order valence-corrected chi connectivity index (χ0v) is 21.2. The predicted molar refractivity (Wildman–Crippen MR) is 138 cm³/mol. The molecule has 3 heterocycles. The molecule has 0 unspecified atom stereocenters. The van der Waals surface area contributed by atoms with E-state index in [1.165, 1.54) is 46.5 Å². The number of ether oxygens (including phenoxy) is 1. The Morgan fingerprint density at radius 1 is 1.08 bits per heavy atom. The SMILES string of the molecule is O=C(Nc1ccc(Oc2ccc(F)cc2)cc1)[C@@H]1C[C@@H](Cc2ccc(Cl)s2)CN1C(=O)Cn1ccnn1. The Morgan fingerprint density at radius 2 is 1.81 bits per heavy atom. The maximum Gasteiger partial charge on any atom is 0.247 e. The van der Waals surface area contributed by atoms with Crippen LogP contribution in [0.3, 0.4) is 0 Å². The van der Waals surface area contributed by atoms with Crippen LogP contribution >= 0.6 is 22.9 Å². The second-order valence-electron chi connectivity index (χ2n) is 8.74. The molecule has 37 heavy (non-hydrogen) atoms. The molecule has 4 aromatic rings. The molecule has 0 saturated carbocycles. The minimum Gasteiger partial charge on any atom is -0.457 e. The van der Waals surface area contributed by atoms with E-state index in [4.69, 9.17) is 16.3 Å². The molecule has 0 bridgehead atoms. The van der Waals surface area contributed by atoms with Gasteiger partial charge in [-0.15, -0.1) is 16.4 Å². The molecule has 0 spiro atoms. The topological polar surface area (TPSA) is 89.4 Å². The molecule has 8 nitrogen and oxygen atoms in total. The van der Waals surface area contributed by atoms with Crippen LogP contribution in [0, 0.1) is 11.7 Å². The van der Waals surface area contributed by atoms with E-state index in [9.17, 15) is 14.0 Å². The molecule has 1 fully saturated rings. The van der Waals surface area contributed by atoms with Gasteiger partial charge in [0.1, 0.15) is 29.9 Å². The van der Waals surface area contributed by atoms with Crippen molar-refractivity contribution in [3.63, 3.8) is 0 Å². The number of hydrogen-bond donors (Lipinski definition) is 1. The number of thiophene rings is 1. The van der Waals surface area contributed by atoms with Gasteiger partial charge in [-0.25, -0.2) is 9.07 Å². The van der Waals surface area contributed by atoms with Crippen LogP contribution < -0.4 is 10.1 Å². The van der Waals surface area contributed by atoms with Gasteiger partial charge in [0.2, 0.25) is 11.8 Å². The third-order valence-corrected chi connectivity index (χ3v) is 7.32. The van der Waals surface area contributed by atoms with Gasteiger partial charge in [-0.1, -0.05) is 16.8 Å². The zero-order valence-electron chi connectivity index (χ0n) is 19.6. The number of carbonyl (C=O) groups excluding carboxylic acids is 2. The summed E-state index contributed by atoms with van der Waals surface area (Å²) in [7, 11) is 0. The Morgan fingerprint density at radius 3 is 2.46 bits per heavy atom. The Balaban J connectivity index is 1.26. The average molecular weight is 540 g/mol. The fraction of sp³-hybridized carbons (Fsp3) is 0.231. The van der Waals surface area contributed by atoms with E-state index in [-0.39, 0.29) is 30.1 Å². The largest absolute Gasteiger partial charge is 0.457 e. The minimum atomic E-state index is -0.619. The van der Waals surface area contributed by atoms with E-state index in [0.29, 0.717) is 34.5 Å². The Bertz CT molecular complexity index is 1360. The van der Waals surface area contributed by atoms with E-state index in [2.05, 4.69) is 15.6 Å². The van der Waals surface area contributed by atoms with E-state index in [1.807, 2.05) is 12.1 Å². The van der Waals surface area contributed by atoms with Crippen LogP contribution in [0.25, 0.3) is 0 Å². The molecule has 11 heteroatoms. The first-order valence-corrected chi connectivity index (χ1v) is 12.8. The van der Waals surface area contributed by atoms with Gasteiger partial charge in [-0.3, -0.25) is 9.59 Å². The van der Waals surface area contributed by atoms with Gasteiger partial charge >= 0.3 is 0 Å². The molecular weight excluding hydrogens is 517 g/mol. The standard InChI is InChI=1S/C26H23ClFN5O3S/c27-24-10-9-22(37-24)13-17-14-23(33(15-17)25(34)16-32-12-11-29-31-32)26(35)30-19-3-7-21(8-4-19)36-20-5-1-18(28)2-6-20/h1-12,17,23H,13-16H2,(H,30,35)/t17-,23+/m1/s1. The van der Waals surface area contributed by atoms with Crippen molar-refractivity contribution in [1.29, 1.82) is 0 Å². The second-order valence-corrected chi connectivity index (χ2v) is 10.5. The molecule has 1 N–H and O–H groups in total. The number of halogens is 2. The highest BCUT2D eigenvalue weighted by Gasteiger charge is 2.39. The first-order chi connectivity index (χ1) is 17.9. The highest BCUT2D eigenvalue weighted by molar-refractivity contribution is 7.16. The van der Waals surface area contributed by atoms with Gasteiger partial charge < -0.3 is 15.0 Å². The number of hydrogen-bond acceptors (Lipinski definition) is 6. The zero-order chi connectivity index (χ0) is 25.8. The molecule has 2 aromatic carbocycles. The number of amides is 2. The first-order valence-electron chi connectivity index (χ1n) is 11.6. The Hall–Kier alpha value is -3.76. The fourth-order valence-electron chi connectivity index (χ4n) is 4.36. The summed E-state index contributed by atoms with van der Waals surface area (Å²) < 4.78 is 21.0. The minimum absolute atomic E-state index is 0.0107. The van der Waals surface area contributed by atoms with Crippen molar-refractivity contribution in [2.45, 2.75) is 25.4 Å². The van der Waals surface area contributed by atoms with Crippen molar-refractivity contribution < 1.29 is 18.7 Å². The van der Waals surface area contributed by atoms with Gasteiger partial charge in [-0.2, -0.15) is 0 Å². The van der Waals surface area contributed by atoms with Crippen molar-refractivity contribution in [2.24, 2.45) is 5.92 Å². The number of likely N-dealkylation sites (tertiary alicyclic amines) is 1. The summed E-state index contributed by atoms with van der Waals surface area (Å²) in [6.45, 7) is 0.475. The number of aromatic nitrogens is 3. The predicted octanol–water partition coefficient (Wildman–Crippen LogP) is 5.02. The molecule has 1 aliphatic heterocycles. The number of anilines is 1. The maximum atomic E-state index is 13.3. The van der Waals surface area contributed by atoms with Crippen molar-refractivity contribution in [2.75, 3.05) is 11.9 Å². The van der Waals surface area contributed by atoms with Gasteiger partial charge in [-0.05, 0) is 79.4 Å². The lowest BCUT2D eigenvalue weighted by Crippen LogP contribution is -2.44. The van der Waals surface area contributed by atoms with Crippen LogP contribution in [0.5, 0.6) is 11.5 Å². The normalized spacial score (nSPS) is 17.1. The summed E-state index contributed by atoms with van der Waals surface area (Å²) in [6.07, 6.45) is 4.40. The van der Waals surface area contributed by atoms with Crippen LogP contribution in [0.2, 0.25) is 4.34 Å². The quantitative estimate of drug-likeness (QED) is 0.339. The third-order valence-electron chi connectivity index (χ3n) is 6.07. The van der Waals surface area contributed by atoms with Gasteiger partial charge in [0, 0.05) is 23.3 Å². The summed E-state index contributed by atoms with van der Waals surface area (Å²) in [5.41, 5.74) is 0.577. The molecule has 1 saturated heterocycles. The van der Waals surface area contributed by atoms with Crippen molar-refractivity contribution in [3.8, 4) is 11.5 Å². The lowest BCUT2D eigenvalue weighted by atomic mass is 10.0. The van der Waals surface area contributed by atoms with Crippen molar-refractivity contribution in [1.82, 2.24) is 19.9 Å². The molecule has 0 aliphatic carbocycles. The van der Waals surface area contributed by atoms with Gasteiger partial charge in [0.15, 0.2) is 0 Å². The third kappa shape index (κ3) is 6.33. The highest BCUT2D eigenvalue weighted by Crippen LogP contribution is 2.31. The monoisotopic (exact) mass is 539 g/mol. The van der Waals surface area contributed by atoms with E-state index in [0.717, 1.165) is 11.3 Å². The summed E-state index contributed by atoms with van der Waals surface area (Å²) in [5, 5.41) is 10.5. The Kier molecular flexibility index (Phi) is 7.47. The molecule has 2 amide bonds. The van der Waals surface area contributed by atoms with Crippen LogP contribution in [-0.4, -0.2) is 44.3 Å². The lowest BCUT2D eigenvalue weighted by molar-refractivity contribution is -0.137. The summed E-state index contributed by atoms with van der Waals surface area (Å²) in [4.78, 5) is 29.2. The van der Waals surface area contributed by atoms with Crippen LogP contribution in [0.15, 0.2) is 73.1 Å². The summed E-state index contributed by atoms with van der Waals surface area (Å²) in [5.74, 6) is 0.379. The van der Waals surface area contributed by atoms with Crippen LogP contribution in [0.1, 0.15) is 11.3 Å². The summed E-state index contributed by atoms with van der Waals surface area (Å²) >= 11 is 7.60. The highest BCUT2D eigenvalue weighted by atomic mass is 35.5. The van der Waals surface area contributed by atoms with Crippen LogP contribution in [-0.2, 0) is 22.6 Å². The number of nitrogens with zero attached hydrogens (tertiary/aromatic N) is 4. The fourth-order valence-corrected chi connectivity index (χ4v) is 5.56. The molecular formula is C26H23ClFN5O3S. The van der Waals surface area contributed by atoms with Crippen LogP contribution in [0.4, 0.5) is 10.1 Å². The average Bonchev–Trinajstić information content (AvgIpc) is 3.64. The second kappa shape index (κ2) is 11.1. The number of rotatable bonds is 8. The van der Waals surface area contributed by atoms with E-state index < -0.39 is 6.04 Å². The smallest absolute Gasteiger partial charge is 0.247 e. The molecule has 190 valence electrons. The first kappa shape index (κ1) is 24.9. The molecule has 2 aromatic heterocycles. The van der Waals surface area contributed by atoms with E-state index >= 15 is 0 Å².